The topological polar surface area (TPSA) is 69.3 Å². The normalized spacial score (nSPS) is 28.9. The molecule has 3 fully saturated rings. The first kappa shape index (κ1) is 15.4. The van der Waals surface area contributed by atoms with E-state index < -0.39 is 0 Å². The average molecular weight is 342 g/mol. The van der Waals surface area contributed by atoms with Crippen LogP contribution in [-0.4, -0.2) is 58.0 Å². The summed E-state index contributed by atoms with van der Waals surface area (Å²) in [7, 11) is 0. The van der Waals surface area contributed by atoms with Gasteiger partial charge in [0.1, 0.15) is 0 Å². The number of nitrogens with zero attached hydrogens (tertiary/aromatic N) is 3. The lowest BCUT2D eigenvalue weighted by atomic mass is 9.78. The molecule has 1 aromatic heterocycles. The van der Waals surface area contributed by atoms with Crippen LogP contribution >= 0.6 is 0 Å². The molecule has 1 aromatic rings. The van der Waals surface area contributed by atoms with Crippen molar-refractivity contribution in [1.82, 2.24) is 20.0 Å². The molecular weight excluding hydrogens is 316 g/mol. The molecule has 25 heavy (non-hydrogen) atoms. The van der Waals surface area contributed by atoms with Crippen LogP contribution in [0.25, 0.3) is 0 Å². The lowest BCUT2D eigenvalue weighted by Crippen LogP contribution is -2.51. The number of aromatic nitrogens is 2. The van der Waals surface area contributed by atoms with E-state index in [4.69, 9.17) is 0 Å². The zero-order valence-electron chi connectivity index (χ0n) is 14.7. The number of likely N-dealkylation sites (tertiary alicyclic amines) is 2. The molecular formula is C19H26N4O2. The maximum atomic E-state index is 13.1. The molecule has 2 aliphatic heterocycles. The van der Waals surface area contributed by atoms with Gasteiger partial charge in [0, 0.05) is 37.4 Å². The number of rotatable bonds is 3. The van der Waals surface area contributed by atoms with E-state index in [0.717, 1.165) is 68.8 Å². The lowest BCUT2D eigenvalue weighted by Gasteiger charge is -2.39. The van der Waals surface area contributed by atoms with E-state index >= 15 is 0 Å². The molecule has 0 bridgehead atoms. The molecule has 0 aromatic carbocycles. The van der Waals surface area contributed by atoms with Gasteiger partial charge in [-0.3, -0.25) is 14.7 Å². The Kier molecular flexibility index (Phi) is 3.44. The SMILES string of the molecule is O=C(c1n[nH]c2c1CCC2)N1CC[C@]2(CCCN(CC3CC3)C2=O)C1. The van der Waals surface area contributed by atoms with Crippen molar-refractivity contribution in [3.8, 4) is 0 Å². The minimum atomic E-state index is -0.331. The summed E-state index contributed by atoms with van der Waals surface area (Å²) in [4.78, 5) is 30.1. The second-order valence-electron chi connectivity index (χ2n) is 8.44. The fourth-order valence-corrected chi connectivity index (χ4v) is 5.01. The van der Waals surface area contributed by atoms with Crippen LogP contribution in [0, 0.1) is 11.3 Å². The zero-order chi connectivity index (χ0) is 17.0. The number of nitrogens with one attached hydrogen (secondary N) is 1. The van der Waals surface area contributed by atoms with Crippen molar-refractivity contribution < 1.29 is 9.59 Å². The fourth-order valence-electron chi connectivity index (χ4n) is 5.01. The first-order valence-corrected chi connectivity index (χ1v) is 9.81. The molecule has 1 N–H and O–H groups in total. The Balaban J connectivity index is 1.32. The van der Waals surface area contributed by atoms with Crippen LogP contribution < -0.4 is 0 Å². The number of aromatic amines is 1. The Morgan fingerprint density at radius 2 is 2.08 bits per heavy atom. The van der Waals surface area contributed by atoms with Gasteiger partial charge in [-0.1, -0.05) is 0 Å². The molecule has 1 atom stereocenters. The molecule has 2 amide bonds. The number of H-pyrrole nitrogens is 1. The Labute approximate surface area is 147 Å². The van der Waals surface area contributed by atoms with E-state index in [1.807, 2.05) is 4.90 Å². The van der Waals surface area contributed by atoms with Gasteiger partial charge in [0.15, 0.2) is 5.69 Å². The molecule has 2 saturated heterocycles. The van der Waals surface area contributed by atoms with Crippen molar-refractivity contribution in [3.63, 3.8) is 0 Å². The molecule has 6 heteroatoms. The van der Waals surface area contributed by atoms with Crippen LogP contribution in [0.2, 0.25) is 0 Å². The standard InChI is InChI=1S/C19H26N4O2/c24-17(16-14-3-1-4-15(14)20-21-16)23-10-8-19(12-23)7-2-9-22(18(19)25)11-13-5-6-13/h13H,1-12H2,(H,20,21)/t19-/m1/s1. The third-order valence-corrected chi connectivity index (χ3v) is 6.65. The van der Waals surface area contributed by atoms with Gasteiger partial charge in [-0.2, -0.15) is 5.10 Å². The smallest absolute Gasteiger partial charge is 0.274 e. The van der Waals surface area contributed by atoms with Gasteiger partial charge in [0.25, 0.3) is 5.91 Å². The first-order chi connectivity index (χ1) is 12.2. The van der Waals surface area contributed by atoms with E-state index in [1.165, 1.54) is 12.8 Å². The molecule has 1 saturated carbocycles. The fraction of sp³-hybridized carbons (Fsp3) is 0.737. The molecule has 1 spiro atoms. The van der Waals surface area contributed by atoms with E-state index in [2.05, 4.69) is 15.1 Å². The maximum Gasteiger partial charge on any atom is 0.274 e. The van der Waals surface area contributed by atoms with Gasteiger partial charge < -0.3 is 9.80 Å². The largest absolute Gasteiger partial charge is 0.342 e. The monoisotopic (exact) mass is 342 g/mol. The third kappa shape index (κ3) is 2.49. The Hall–Kier alpha value is -1.85. The number of carbonyl (C=O) groups is 2. The van der Waals surface area contributed by atoms with Crippen LogP contribution in [0.5, 0.6) is 0 Å². The van der Waals surface area contributed by atoms with Crippen molar-refractivity contribution in [1.29, 1.82) is 0 Å². The average Bonchev–Trinajstić information content (AvgIpc) is 3.01. The molecule has 0 radical (unpaired) electrons. The predicted molar refractivity (Wildman–Crippen MR) is 92.1 cm³/mol. The quantitative estimate of drug-likeness (QED) is 0.910. The molecule has 3 heterocycles. The van der Waals surface area contributed by atoms with E-state index in [-0.39, 0.29) is 11.3 Å². The van der Waals surface area contributed by atoms with Crippen LogP contribution in [0.4, 0.5) is 0 Å². The maximum absolute atomic E-state index is 13.1. The number of piperidine rings is 1. The van der Waals surface area contributed by atoms with Crippen LogP contribution in [0.15, 0.2) is 0 Å². The number of amides is 2. The van der Waals surface area contributed by atoms with Crippen molar-refractivity contribution in [2.45, 2.75) is 51.4 Å². The summed E-state index contributed by atoms with van der Waals surface area (Å²) in [5.41, 5.74) is 2.50. The summed E-state index contributed by atoms with van der Waals surface area (Å²) in [6.07, 6.45) is 8.38. The zero-order valence-corrected chi connectivity index (χ0v) is 14.7. The highest BCUT2D eigenvalue weighted by atomic mass is 16.2. The number of hydrogen-bond donors (Lipinski definition) is 1. The molecule has 4 aliphatic rings. The van der Waals surface area contributed by atoms with Crippen LogP contribution in [-0.2, 0) is 17.6 Å². The summed E-state index contributed by atoms with van der Waals surface area (Å²) >= 11 is 0. The van der Waals surface area contributed by atoms with Crippen LogP contribution in [0.3, 0.4) is 0 Å². The minimum absolute atomic E-state index is 0.0170. The van der Waals surface area contributed by atoms with Gasteiger partial charge in [-0.25, -0.2) is 0 Å². The Morgan fingerprint density at radius 1 is 1.20 bits per heavy atom. The highest BCUT2D eigenvalue weighted by molar-refractivity contribution is 5.95. The molecule has 2 aliphatic carbocycles. The summed E-state index contributed by atoms with van der Waals surface area (Å²) in [6, 6.07) is 0. The second-order valence-corrected chi connectivity index (χ2v) is 8.44. The minimum Gasteiger partial charge on any atom is -0.342 e. The number of carbonyl (C=O) groups excluding carboxylic acids is 2. The van der Waals surface area contributed by atoms with E-state index in [0.29, 0.717) is 24.7 Å². The molecule has 6 nitrogen and oxygen atoms in total. The predicted octanol–water partition coefficient (Wildman–Crippen LogP) is 1.76. The second kappa shape index (κ2) is 5.58. The molecule has 5 rings (SSSR count). The summed E-state index contributed by atoms with van der Waals surface area (Å²) < 4.78 is 0. The lowest BCUT2D eigenvalue weighted by molar-refractivity contribution is -0.145. The summed E-state index contributed by atoms with van der Waals surface area (Å²) in [6.45, 7) is 3.09. The number of fused-ring (bicyclic) bond motifs is 1. The van der Waals surface area contributed by atoms with Gasteiger partial charge in [0.2, 0.25) is 5.91 Å². The number of aryl methyl sites for hydroxylation is 1. The molecule has 134 valence electrons. The highest BCUT2D eigenvalue weighted by Gasteiger charge is 2.50. The third-order valence-electron chi connectivity index (χ3n) is 6.65. The van der Waals surface area contributed by atoms with E-state index in [9.17, 15) is 9.59 Å². The summed E-state index contributed by atoms with van der Waals surface area (Å²) in [5.74, 6) is 1.04. The van der Waals surface area contributed by atoms with Crippen LogP contribution in [0.1, 0.15) is 60.3 Å². The van der Waals surface area contributed by atoms with Crippen molar-refractivity contribution in [3.05, 3.63) is 17.0 Å². The van der Waals surface area contributed by atoms with Gasteiger partial charge in [-0.15, -0.1) is 0 Å². The van der Waals surface area contributed by atoms with E-state index in [1.54, 1.807) is 0 Å². The molecule has 0 unspecified atom stereocenters. The summed E-state index contributed by atoms with van der Waals surface area (Å²) in [5, 5.41) is 7.32. The van der Waals surface area contributed by atoms with Gasteiger partial charge in [-0.05, 0) is 57.3 Å². The number of hydrogen-bond acceptors (Lipinski definition) is 3. The first-order valence-electron chi connectivity index (χ1n) is 9.81. The van der Waals surface area contributed by atoms with Crippen molar-refractivity contribution >= 4 is 11.8 Å². The Bertz CT molecular complexity index is 723. The highest BCUT2D eigenvalue weighted by Crippen LogP contribution is 2.42. The van der Waals surface area contributed by atoms with Crippen molar-refractivity contribution in [2.75, 3.05) is 26.2 Å². The Morgan fingerprint density at radius 3 is 2.92 bits per heavy atom. The van der Waals surface area contributed by atoms with Crippen molar-refractivity contribution in [2.24, 2.45) is 11.3 Å². The van der Waals surface area contributed by atoms with Gasteiger partial charge in [0.05, 0.1) is 5.41 Å². The van der Waals surface area contributed by atoms with Gasteiger partial charge >= 0.3 is 0 Å².